The van der Waals surface area contributed by atoms with E-state index in [0.717, 1.165) is 5.56 Å². The third-order valence-corrected chi connectivity index (χ3v) is 3.06. The van der Waals surface area contributed by atoms with Crippen molar-refractivity contribution < 1.29 is 4.79 Å². The highest BCUT2D eigenvalue weighted by Gasteiger charge is 2.12. The fourth-order valence-corrected chi connectivity index (χ4v) is 2.07. The van der Waals surface area contributed by atoms with Crippen molar-refractivity contribution in [3.8, 4) is 0 Å². The van der Waals surface area contributed by atoms with E-state index in [1.54, 1.807) is 12.1 Å². The van der Waals surface area contributed by atoms with Gasteiger partial charge in [0, 0.05) is 23.2 Å². The van der Waals surface area contributed by atoms with Gasteiger partial charge in [-0.2, -0.15) is 0 Å². The summed E-state index contributed by atoms with van der Waals surface area (Å²) < 4.78 is 0. The maximum atomic E-state index is 12.0. The van der Waals surface area contributed by atoms with Crippen LogP contribution in [0.15, 0.2) is 65.8 Å². The first-order chi connectivity index (χ1) is 10.8. The molecule has 0 fully saturated rings. The first kappa shape index (κ1) is 15.4. The number of hydrogen-bond donors (Lipinski definition) is 2. The van der Waals surface area contributed by atoms with E-state index >= 15 is 0 Å². The fraction of sp³-hybridized carbons (Fsp3) is 0.188. The van der Waals surface area contributed by atoms with Gasteiger partial charge in [-0.05, 0) is 29.6 Å². The molecule has 0 aliphatic rings. The monoisotopic (exact) mass is 295 g/mol. The van der Waals surface area contributed by atoms with Crippen molar-refractivity contribution in [3.63, 3.8) is 0 Å². The SMILES string of the molecule is [N-]=[N+]=NC[C@H](Cc1ccccc1)NC(=O)Nc1ccccc1. The quantitative estimate of drug-likeness (QED) is 0.474. The Hall–Kier alpha value is -2.98. The molecule has 0 aromatic heterocycles. The molecule has 2 aromatic carbocycles. The van der Waals surface area contributed by atoms with Crippen molar-refractivity contribution in [2.75, 3.05) is 11.9 Å². The van der Waals surface area contributed by atoms with Crippen LogP contribution in [-0.2, 0) is 6.42 Å². The molecule has 2 rings (SSSR count). The second-order valence-electron chi connectivity index (χ2n) is 4.76. The molecular weight excluding hydrogens is 278 g/mol. The molecule has 1 atom stereocenters. The van der Waals surface area contributed by atoms with Crippen LogP contribution in [0.1, 0.15) is 5.56 Å². The van der Waals surface area contributed by atoms with Crippen LogP contribution >= 0.6 is 0 Å². The van der Waals surface area contributed by atoms with E-state index in [2.05, 4.69) is 20.7 Å². The molecule has 2 amide bonds. The molecule has 0 aliphatic heterocycles. The molecule has 6 heteroatoms. The second-order valence-corrected chi connectivity index (χ2v) is 4.76. The average molecular weight is 295 g/mol. The topological polar surface area (TPSA) is 89.9 Å². The molecule has 0 radical (unpaired) electrons. The lowest BCUT2D eigenvalue weighted by Crippen LogP contribution is -2.41. The van der Waals surface area contributed by atoms with Crippen molar-refractivity contribution in [2.24, 2.45) is 5.11 Å². The van der Waals surface area contributed by atoms with Gasteiger partial charge in [-0.15, -0.1) is 0 Å². The summed E-state index contributed by atoms with van der Waals surface area (Å²) in [6.45, 7) is 0.202. The highest BCUT2D eigenvalue weighted by atomic mass is 16.2. The Kier molecular flexibility index (Phi) is 5.84. The predicted molar refractivity (Wildman–Crippen MR) is 86.5 cm³/mol. The van der Waals surface area contributed by atoms with Crippen LogP contribution in [0.4, 0.5) is 10.5 Å². The Morgan fingerprint density at radius 3 is 2.36 bits per heavy atom. The summed E-state index contributed by atoms with van der Waals surface area (Å²) >= 11 is 0. The highest BCUT2D eigenvalue weighted by molar-refractivity contribution is 5.89. The van der Waals surface area contributed by atoms with Crippen molar-refractivity contribution in [1.82, 2.24) is 5.32 Å². The van der Waals surface area contributed by atoms with Crippen LogP contribution in [0, 0.1) is 0 Å². The number of hydrogen-bond acceptors (Lipinski definition) is 2. The normalized spacial score (nSPS) is 11.1. The lowest BCUT2D eigenvalue weighted by atomic mass is 10.1. The Morgan fingerprint density at radius 2 is 1.73 bits per heavy atom. The third-order valence-electron chi connectivity index (χ3n) is 3.06. The van der Waals surface area contributed by atoms with Gasteiger partial charge in [-0.3, -0.25) is 0 Å². The minimum Gasteiger partial charge on any atom is -0.335 e. The summed E-state index contributed by atoms with van der Waals surface area (Å²) in [6.07, 6.45) is 0.599. The van der Waals surface area contributed by atoms with E-state index < -0.39 is 0 Å². The van der Waals surface area contributed by atoms with Gasteiger partial charge in [0.05, 0.1) is 0 Å². The first-order valence-corrected chi connectivity index (χ1v) is 6.95. The van der Waals surface area contributed by atoms with Gasteiger partial charge in [0.25, 0.3) is 0 Å². The molecule has 0 unspecified atom stereocenters. The number of anilines is 1. The smallest absolute Gasteiger partial charge is 0.319 e. The lowest BCUT2D eigenvalue weighted by Gasteiger charge is -2.17. The van der Waals surface area contributed by atoms with Gasteiger partial charge in [0.15, 0.2) is 0 Å². The molecule has 112 valence electrons. The van der Waals surface area contributed by atoms with E-state index in [1.807, 2.05) is 48.5 Å². The van der Waals surface area contributed by atoms with E-state index in [4.69, 9.17) is 5.53 Å². The maximum absolute atomic E-state index is 12.0. The Balaban J connectivity index is 1.96. The number of carbonyl (C=O) groups is 1. The van der Waals surface area contributed by atoms with E-state index in [0.29, 0.717) is 12.1 Å². The maximum Gasteiger partial charge on any atom is 0.319 e. The summed E-state index contributed by atoms with van der Waals surface area (Å²) in [7, 11) is 0. The number of nitrogens with zero attached hydrogens (tertiary/aromatic N) is 3. The van der Waals surface area contributed by atoms with Crippen LogP contribution in [-0.4, -0.2) is 18.6 Å². The van der Waals surface area contributed by atoms with E-state index in [1.165, 1.54) is 0 Å². The minimum absolute atomic E-state index is 0.202. The highest BCUT2D eigenvalue weighted by Crippen LogP contribution is 2.06. The lowest BCUT2D eigenvalue weighted by molar-refractivity contribution is 0.248. The van der Waals surface area contributed by atoms with Gasteiger partial charge < -0.3 is 10.6 Å². The zero-order chi connectivity index (χ0) is 15.6. The van der Waals surface area contributed by atoms with Crippen LogP contribution in [0.25, 0.3) is 10.4 Å². The number of amides is 2. The van der Waals surface area contributed by atoms with Crippen molar-refractivity contribution in [1.29, 1.82) is 0 Å². The zero-order valence-electron chi connectivity index (χ0n) is 12.0. The Bertz CT molecular complexity index is 638. The van der Waals surface area contributed by atoms with Crippen LogP contribution in [0.2, 0.25) is 0 Å². The minimum atomic E-state index is -0.319. The van der Waals surface area contributed by atoms with Crippen molar-refractivity contribution >= 4 is 11.7 Å². The average Bonchev–Trinajstić information content (AvgIpc) is 2.54. The second kappa shape index (κ2) is 8.34. The third kappa shape index (κ3) is 5.19. The molecule has 22 heavy (non-hydrogen) atoms. The zero-order valence-corrected chi connectivity index (χ0v) is 12.0. The number of urea groups is 1. The largest absolute Gasteiger partial charge is 0.335 e. The Morgan fingerprint density at radius 1 is 1.09 bits per heavy atom. The number of rotatable bonds is 6. The molecule has 0 heterocycles. The summed E-state index contributed by atoms with van der Waals surface area (Å²) in [5, 5.41) is 9.15. The van der Waals surface area contributed by atoms with E-state index in [-0.39, 0.29) is 18.6 Å². The molecule has 0 saturated heterocycles. The molecule has 2 aromatic rings. The van der Waals surface area contributed by atoms with Gasteiger partial charge in [0.1, 0.15) is 0 Å². The van der Waals surface area contributed by atoms with Crippen LogP contribution in [0.5, 0.6) is 0 Å². The molecule has 0 spiro atoms. The molecule has 2 N–H and O–H groups in total. The number of carbonyl (C=O) groups excluding carboxylic acids is 1. The van der Waals surface area contributed by atoms with Gasteiger partial charge >= 0.3 is 6.03 Å². The summed E-state index contributed by atoms with van der Waals surface area (Å²) in [5.41, 5.74) is 10.3. The van der Waals surface area contributed by atoms with Crippen molar-refractivity contribution in [3.05, 3.63) is 76.7 Å². The molecular formula is C16H17N5O. The summed E-state index contributed by atoms with van der Waals surface area (Å²) in [6, 6.07) is 18.3. The number of benzene rings is 2. The van der Waals surface area contributed by atoms with E-state index in [9.17, 15) is 4.79 Å². The van der Waals surface area contributed by atoms with Crippen LogP contribution < -0.4 is 10.6 Å². The van der Waals surface area contributed by atoms with Gasteiger partial charge in [0.2, 0.25) is 0 Å². The molecule has 6 nitrogen and oxygen atoms in total. The van der Waals surface area contributed by atoms with Crippen LogP contribution in [0.3, 0.4) is 0 Å². The van der Waals surface area contributed by atoms with Gasteiger partial charge in [-0.1, -0.05) is 53.6 Å². The van der Waals surface area contributed by atoms with Crippen molar-refractivity contribution in [2.45, 2.75) is 12.5 Å². The summed E-state index contributed by atoms with van der Waals surface area (Å²) in [5.74, 6) is 0. The number of azide groups is 1. The number of para-hydroxylation sites is 1. The fourth-order valence-electron chi connectivity index (χ4n) is 2.07. The molecule has 0 aliphatic carbocycles. The summed E-state index contributed by atoms with van der Waals surface area (Å²) in [4.78, 5) is 14.8. The Labute approximate surface area is 128 Å². The predicted octanol–water partition coefficient (Wildman–Crippen LogP) is 3.73. The molecule has 0 bridgehead atoms. The standard InChI is InChI=1S/C16H17N5O/c17-21-18-12-15(11-13-7-3-1-4-8-13)20-16(22)19-14-9-5-2-6-10-14/h1-10,15H,11-12H2,(H2,19,20,22)/t15-/m0/s1. The van der Waals surface area contributed by atoms with Gasteiger partial charge in [-0.25, -0.2) is 4.79 Å². The molecule has 0 saturated carbocycles. The number of nitrogens with one attached hydrogen (secondary N) is 2. The first-order valence-electron chi connectivity index (χ1n) is 6.95.